The Balaban J connectivity index is 1.10. The number of nitrogens with zero attached hydrogens (tertiary/aromatic N) is 3. The molecule has 0 fully saturated rings. The highest BCUT2D eigenvalue weighted by atomic mass is 16.4. The van der Waals surface area contributed by atoms with Gasteiger partial charge in [0.15, 0.2) is 0 Å². The van der Waals surface area contributed by atoms with Crippen LogP contribution in [0.15, 0.2) is 173 Å². The summed E-state index contributed by atoms with van der Waals surface area (Å²) in [5.74, 6) is 0.295. The second kappa shape index (κ2) is 10.7. The average molecular weight is 630 g/mol. The predicted octanol–water partition coefficient (Wildman–Crippen LogP) is 10.7. The highest BCUT2D eigenvalue weighted by molar-refractivity contribution is 6.11. The van der Waals surface area contributed by atoms with Crippen molar-refractivity contribution in [2.45, 2.75) is 0 Å². The second-order valence-electron chi connectivity index (χ2n) is 12.4. The van der Waals surface area contributed by atoms with E-state index < -0.39 is 0 Å². The maximum absolute atomic E-state index is 13.3. The molecule has 7 aromatic carbocycles. The molecular weight excluding hydrogens is 603 g/mol. The standard InChI is InChI=1S/C44H27N3O2/c48-43-35-13-7-8-14-42(35)49-44-45-38-27-33(19-24-41(38)47(43)44)30-15-20-34(21-16-30)46-39-22-17-31(28-9-3-1-4-10-28)25-36(39)37-26-32(18-23-40(37)46)29-11-5-2-6-12-29/h1-27H. The van der Waals surface area contributed by atoms with Crippen LogP contribution in [-0.4, -0.2) is 14.0 Å². The molecule has 0 spiro atoms. The Morgan fingerprint density at radius 1 is 0.449 bits per heavy atom. The van der Waals surface area contributed by atoms with Gasteiger partial charge in [-0.2, -0.15) is 4.98 Å². The zero-order valence-electron chi connectivity index (χ0n) is 26.2. The van der Waals surface area contributed by atoms with Crippen molar-refractivity contribution in [3.05, 3.63) is 174 Å². The summed E-state index contributed by atoms with van der Waals surface area (Å²) >= 11 is 0. The van der Waals surface area contributed by atoms with Gasteiger partial charge in [-0.05, 0) is 94.0 Å². The Kier molecular flexibility index (Phi) is 5.96. The molecule has 0 aliphatic heterocycles. The quantitative estimate of drug-likeness (QED) is 0.195. The van der Waals surface area contributed by atoms with Crippen LogP contribution in [0, 0.1) is 0 Å². The third kappa shape index (κ3) is 4.33. The van der Waals surface area contributed by atoms with Crippen LogP contribution in [0.5, 0.6) is 0 Å². The minimum Gasteiger partial charge on any atom is -0.424 e. The SMILES string of the molecule is O=c1c2ccccc2oc2nc3cc(-c4ccc(-n5c6ccc(-c7ccccc7)cc6c6cc(-c7ccccc7)ccc65)cc4)ccc3n12. The molecule has 0 radical (unpaired) electrons. The van der Waals surface area contributed by atoms with Crippen molar-refractivity contribution in [3.8, 4) is 39.1 Å². The molecule has 10 rings (SSSR count). The molecule has 5 heteroatoms. The molecule has 0 N–H and O–H groups in total. The molecule has 0 amide bonds. The summed E-state index contributed by atoms with van der Waals surface area (Å²) in [6.07, 6.45) is 0. The van der Waals surface area contributed by atoms with Gasteiger partial charge in [0, 0.05) is 16.5 Å². The molecule has 10 aromatic rings. The van der Waals surface area contributed by atoms with Crippen molar-refractivity contribution >= 4 is 49.7 Å². The summed E-state index contributed by atoms with van der Waals surface area (Å²) in [5, 5.41) is 2.96. The van der Waals surface area contributed by atoms with Crippen LogP contribution in [0.2, 0.25) is 0 Å². The van der Waals surface area contributed by atoms with Gasteiger partial charge in [-0.25, -0.2) is 4.40 Å². The predicted molar refractivity (Wildman–Crippen MR) is 199 cm³/mol. The zero-order chi connectivity index (χ0) is 32.5. The monoisotopic (exact) mass is 629 g/mol. The van der Waals surface area contributed by atoms with Crippen LogP contribution in [0.25, 0.3) is 88.7 Å². The third-order valence-corrected chi connectivity index (χ3v) is 9.58. The van der Waals surface area contributed by atoms with E-state index in [1.54, 1.807) is 16.5 Å². The van der Waals surface area contributed by atoms with Crippen LogP contribution in [0.4, 0.5) is 0 Å². The van der Waals surface area contributed by atoms with Crippen molar-refractivity contribution in [2.24, 2.45) is 0 Å². The molecule has 230 valence electrons. The largest absolute Gasteiger partial charge is 0.424 e. The fourth-order valence-corrected chi connectivity index (χ4v) is 7.18. The van der Waals surface area contributed by atoms with Gasteiger partial charge in [-0.1, -0.05) is 103 Å². The van der Waals surface area contributed by atoms with Crippen LogP contribution < -0.4 is 5.56 Å². The first-order valence-corrected chi connectivity index (χ1v) is 16.3. The van der Waals surface area contributed by atoms with Gasteiger partial charge in [0.05, 0.1) is 27.5 Å². The molecule has 0 saturated heterocycles. The Hall–Kier alpha value is -6.72. The van der Waals surface area contributed by atoms with Gasteiger partial charge in [0.2, 0.25) is 0 Å². The van der Waals surface area contributed by atoms with E-state index in [-0.39, 0.29) is 5.56 Å². The fraction of sp³-hybridized carbons (Fsp3) is 0. The molecule has 0 atom stereocenters. The molecule has 0 bridgehead atoms. The first kappa shape index (κ1) is 27.4. The lowest BCUT2D eigenvalue weighted by Crippen LogP contribution is -2.12. The Morgan fingerprint density at radius 2 is 0.959 bits per heavy atom. The highest BCUT2D eigenvalue weighted by Crippen LogP contribution is 2.37. The maximum Gasteiger partial charge on any atom is 0.310 e. The summed E-state index contributed by atoms with van der Waals surface area (Å²) in [6, 6.07) is 56.6. The molecule has 0 aliphatic carbocycles. The normalized spacial score (nSPS) is 11.8. The summed E-state index contributed by atoms with van der Waals surface area (Å²) in [6.45, 7) is 0. The van der Waals surface area contributed by atoms with E-state index in [1.807, 2.05) is 30.3 Å². The molecule has 49 heavy (non-hydrogen) atoms. The zero-order valence-corrected chi connectivity index (χ0v) is 26.2. The van der Waals surface area contributed by atoms with E-state index in [0.717, 1.165) is 33.4 Å². The van der Waals surface area contributed by atoms with E-state index in [4.69, 9.17) is 4.42 Å². The highest BCUT2D eigenvalue weighted by Gasteiger charge is 2.16. The second-order valence-corrected chi connectivity index (χ2v) is 12.4. The summed E-state index contributed by atoms with van der Waals surface area (Å²) < 4.78 is 9.91. The Morgan fingerprint density at radius 3 is 1.59 bits per heavy atom. The van der Waals surface area contributed by atoms with Crippen LogP contribution >= 0.6 is 0 Å². The molecular formula is C44H27N3O2. The number of fused-ring (bicyclic) bond motifs is 7. The van der Waals surface area contributed by atoms with Gasteiger partial charge in [0.1, 0.15) is 5.58 Å². The minimum absolute atomic E-state index is 0.130. The lowest BCUT2D eigenvalue weighted by Gasteiger charge is -2.10. The summed E-state index contributed by atoms with van der Waals surface area (Å²) in [5.41, 5.74) is 12.1. The number of hydrogen-bond acceptors (Lipinski definition) is 3. The summed E-state index contributed by atoms with van der Waals surface area (Å²) in [7, 11) is 0. The number of aromatic nitrogens is 3. The number of hydrogen-bond donors (Lipinski definition) is 0. The average Bonchev–Trinajstić information content (AvgIpc) is 3.70. The van der Waals surface area contributed by atoms with Crippen molar-refractivity contribution in [3.63, 3.8) is 0 Å². The number of para-hydroxylation sites is 1. The van der Waals surface area contributed by atoms with E-state index in [2.05, 4.69) is 131 Å². The molecule has 0 saturated carbocycles. The lowest BCUT2D eigenvalue weighted by molar-refractivity contribution is 0.616. The molecule has 0 unspecified atom stereocenters. The maximum atomic E-state index is 13.3. The Bertz CT molecular complexity index is 2840. The van der Waals surface area contributed by atoms with Gasteiger partial charge in [0.25, 0.3) is 5.56 Å². The van der Waals surface area contributed by atoms with Crippen molar-refractivity contribution < 1.29 is 4.42 Å². The molecule has 3 heterocycles. The van der Waals surface area contributed by atoms with Crippen LogP contribution in [-0.2, 0) is 0 Å². The first-order chi connectivity index (χ1) is 24.2. The van der Waals surface area contributed by atoms with Crippen LogP contribution in [0.1, 0.15) is 0 Å². The topological polar surface area (TPSA) is 52.4 Å². The first-order valence-electron chi connectivity index (χ1n) is 16.3. The van der Waals surface area contributed by atoms with Crippen molar-refractivity contribution in [1.82, 2.24) is 14.0 Å². The number of rotatable bonds is 4. The third-order valence-electron chi connectivity index (χ3n) is 9.58. The van der Waals surface area contributed by atoms with Gasteiger partial charge < -0.3 is 8.98 Å². The van der Waals surface area contributed by atoms with Gasteiger partial charge in [-0.15, -0.1) is 0 Å². The van der Waals surface area contributed by atoms with Crippen molar-refractivity contribution in [2.75, 3.05) is 0 Å². The summed E-state index contributed by atoms with van der Waals surface area (Å²) in [4.78, 5) is 18.0. The van der Waals surface area contributed by atoms with E-state index in [9.17, 15) is 4.79 Å². The minimum atomic E-state index is -0.130. The lowest BCUT2D eigenvalue weighted by atomic mass is 10.0. The fourth-order valence-electron chi connectivity index (χ4n) is 7.18. The van der Waals surface area contributed by atoms with Crippen molar-refractivity contribution in [1.29, 1.82) is 0 Å². The van der Waals surface area contributed by atoms with E-state index >= 15 is 0 Å². The molecule has 5 nitrogen and oxygen atoms in total. The van der Waals surface area contributed by atoms with Crippen LogP contribution in [0.3, 0.4) is 0 Å². The van der Waals surface area contributed by atoms with E-state index in [0.29, 0.717) is 22.3 Å². The molecule has 0 aliphatic rings. The number of benzene rings is 7. The Labute approximate surface area is 280 Å². The van der Waals surface area contributed by atoms with Gasteiger partial charge >= 0.3 is 5.84 Å². The molecule has 3 aromatic heterocycles. The van der Waals surface area contributed by atoms with E-state index in [1.165, 1.54) is 33.0 Å². The number of imidazole rings is 1. The smallest absolute Gasteiger partial charge is 0.310 e. The van der Waals surface area contributed by atoms with Gasteiger partial charge in [-0.3, -0.25) is 4.79 Å².